The zero-order chi connectivity index (χ0) is 14.0. The normalized spacial score (nSPS) is 47.4. The molecule has 5 nitrogen and oxygen atoms in total. The average Bonchev–Trinajstić information content (AvgIpc) is 2.73. The van der Waals surface area contributed by atoms with Crippen LogP contribution in [0.25, 0.3) is 0 Å². The summed E-state index contributed by atoms with van der Waals surface area (Å²) in [5, 5.41) is 11.0. The van der Waals surface area contributed by atoms with Gasteiger partial charge in [-0.2, -0.15) is 0 Å². The predicted octanol–water partition coefficient (Wildman–Crippen LogP) is 0.846. The summed E-state index contributed by atoms with van der Waals surface area (Å²) < 4.78 is 5.11. The molecule has 5 heteroatoms. The van der Waals surface area contributed by atoms with Crippen molar-refractivity contribution in [2.24, 2.45) is 11.8 Å². The highest BCUT2D eigenvalue weighted by Crippen LogP contribution is 2.57. The van der Waals surface area contributed by atoms with Gasteiger partial charge in [0, 0.05) is 18.9 Å². The van der Waals surface area contributed by atoms with Gasteiger partial charge in [0.05, 0.1) is 12.0 Å². The van der Waals surface area contributed by atoms with Gasteiger partial charge in [0.2, 0.25) is 5.91 Å². The highest BCUT2D eigenvalue weighted by atomic mass is 16.5. The van der Waals surface area contributed by atoms with Gasteiger partial charge in [-0.1, -0.05) is 12.8 Å². The third kappa shape index (κ3) is 1.42. The molecule has 0 aromatic rings. The standard InChI is InChI=1S/C15H21NO4/c17-12-7-10-3-1-2-4-15(10)11-8-13(18)20-9-14(11,19)5-6-16(12)15/h10-11,19H,1-9H2/t10-,11+,14+,15-/m0/s1. The minimum atomic E-state index is -0.926. The summed E-state index contributed by atoms with van der Waals surface area (Å²) in [7, 11) is 0. The van der Waals surface area contributed by atoms with Gasteiger partial charge in [0.15, 0.2) is 0 Å². The minimum absolute atomic E-state index is 0.104. The van der Waals surface area contributed by atoms with E-state index in [1.54, 1.807) is 0 Å². The van der Waals surface area contributed by atoms with Crippen molar-refractivity contribution >= 4 is 11.9 Å². The van der Waals surface area contributed by atoms with Crippen molar-refractivity contribution in [2.75, 3.05) is 13.2 Å². The summed E-state index contributed by atoms with van der Waals surface area (Å²) in [6.45, 7) is 0.715. The maximum atomic E-state index is 12.4. The lowest BCUT2D eigenvalue weighted by atomic mass is 9.57. The largest absolute Gasteiger partial charge is 0.463 e. The number of amides is 1. The second-order valence-electron chi connectivity index (χ2n) is 6.95. The molecule has 4 fully saturated rings. The fourth-order valence-corrected chi connectivity index (χ4v) is 5.34. The zero-order valence-corrected chi connectivity index (χ0v) is 11.6. The number of aliphatic hydroxyl groups is 1. The van der Waals surface area contributed by atoms with E-state index in [0.717, 1.165) is 25.7 Å². The Balaban J connectivity index is 1.80. The van der Waals surface area contributed by atoms with E-state index in [1.165, 1.54) is 0 Å². The molecule has 1 amide bonds. The third-order valence-electron chi connectivity index (χ3n) is 6.19. The van der Waals surface area contributed by atoms with Crippen LogP contribution in [0, 0.1) is 11.8 Å². The zero-order valence-electron chi connectivity index (χ0n) is 11.6. The molecule has 4 rings (SSSR count). The lowest BCUT2D eigenvalue weighted by Gasteiger charge is -2.59. The Kier molecular flexibility index (Phi) is 2.50. The van der Waals surface area contributed by atoms with Crippen molar-refractivity contribution in [1.29, 1.82) is 0 Å². The van der Waals surface area contributed by atoms with E-state index >= 15 is 0 Å². The monoisotopic (exact) mass is 279 g/mol. The molecule has 1 N–H and O–H groups in total. The molecule has 0 unspecified atom stereocenters. The summed E-state index contributed by atoms with van der Waals surface area (Å²) in [5.74, 6) is 0.172. The molecule has 4 aliphatic rings. The van der Waals surface area contributed by atoms with Gasteiger partial charge in [-0.05, 0) is 25.2 Å². The van der Waals surface area contributed by atoms with Crippen molar-refractivity contribution < 1.29 is 19.4 Å². The second-order valence-corrected chi connectivity index (χ2v) is 6.95. The summed E-state index contributed by atoms with van der Waals surface area (Å²) >= 11 is 0. The number of nitrogens with zero attached hydrogens (tertiary/aromatic N) is 1. The van der Waals surface area contributed by atoms with Crippen LogP contribution in [0.2, 0.25) is 0 Å². The number of rotatable bonds is 0. The molecule has 1 saturated carbocycles. The summed E-state index contributed by atoms with van der Waals surface area (Å²) in [6.07, 6.45) is 5.61. The maximum absolute atomic E-state index is 12.4. The van der Waals surface area contributed by atoms with Crippen LogP contribution in [0.4, 0.5) is 0 Å². The van der Waals surface area contributed by atoms with Crippen LogP contribution >= 0.6 is 0 Å². The molecule has 0 bridgehead atoms. The van der Waals surface area contributed by atoms with Gasteiger partial charge in [0.25, 0.3) is 0 Å². The SMILES string of the molecule is O=C1C[C@@H]2[C@@](O)(CCN3C(=O)C[C@@H]4CCCC[C@]423)CO1. The van der Waals surface area contributed by atoms with Crippen LogP contribution in [-0.2, 0) is 14.3 Å². The lowest BCUT2D eigenvalue weighted by molar-refractivity contribution is -0.212. The first-order chi connectivity index (χ1) is 9.56. The lowest BCUT2D eigenvalue weighted by Crippen LogP contribution is -2.70. The molecule has 4 atom stereocenters. The Hall–Kier alpha value is -1.10. The van der Waals surface area contributed by atoms with E-state index in [-0.39, 0.29) is 36.4 Å². The van der Waals surface area contributed by atoms with Crippen LogP contribution in [0.5, 0.6) is 0 Å². The Morgan fingerprint density at radius 1 is 1.20 bits per heavy atom. The second kappa shape index (κ2) is 3.97. The molecule has 0 aromatic heterocycles. The van der Waals surface area contributed by atoms with Crippen LogP contribution < -0.4 is 0 Å². The molecule has 0 aromatic carbocycles. The maximum Gasteiger partial charge on any atom is 0.306 e. The van der Waals surface area contributed by atoms with Crippen LogP contribution in [0.3, 0.4) is 0 Å². The fourth-order valence-electron chi connectivity index (χ4n) is 5.34. The highest BCUT2D eigenvalue weighted by Gasteiger charge is 2.66. The Morgan fingerprint density at radius 3 is 2.90 bits per heavy atom. The third-order valence-corrected chi connectivity index (χ3v) is 6.19. The van der Waals surface area contributed by atoms with E-state index in [9.17, 15) is 14.7 Å². The fraction of sp³-hybridized carbons (Fsp3) is 0.867. The molecular formula is C15H21NO4. The van der Waals surface area contributed by atoms with Crippen LogP contribution in [0.15, 0.2) is 0 Å². The van der Waals surface area contributed by atoms with Gasteiger partial charge >= 0.3 is 5.97 Å². The topological polar surface area (TPSA) is 66.8 Å². The van der Waals surface area contributed by atoms with E-state index < -0.39 is 5.60 Å². The number of piperidine rings is 1. The molecule has 1 aliphatic carbocycles. The summed E-state index contributed by atoms with van der Waals surface area (Å²) in [4.78, 5) is 26.1. The van der Waals surface area contributed by atoms with Crippen molar-refractivity contribution in [3.05, 3.63) is 0 Å². The van der Waals surface area contributed by atoms with E-state index in [0.29, 0.717) is 25.3 Å². The van der Waals surface area contributed by atoms with E-state index in [2.05, 4.69) is 0 Å². The molecular weight excluding hydrogens is 258 g/mol. The van der Waals surface area contributed by atoms with Crippen molar-refractivity contribution in [1.82, 2.24) is 4.90 Å². The summed E-state index contributed by atoms with van der Waals surface area (Å²) in [6, 6.07) is 0. The Labute approximate surface area is 118 Å². The molecule has 1 spiro atoms. The number of hydrogen-bond acceptors (Lipinski definition) is 4. The summed E-state index contributed by atoms with van der Waals surface area (Å²) in [5.41, 5.74) is -1.20. The first-order valence-electron chi connectivity index (χ1n) is 7.75. The highest BCUT2D eigenvalue weighted by molar-refractivity contribution is 5.81. The van der Waals surface area contributed by atoms with Crippen molar-refractivity contribution in [3.63, 3.8) is 0 Å². The number of cyclic esters (lactones) is 1. The molecule has 20 heavy (non-hydrogen) atoms. The van der Waals surface area contributed by atoms with Gasteiger partial charge in [-0.15, -0.1) is 0 Å². The molecule has 3 saturated heterocycles. The molecule has 3 heterocycles. The molecule has 110 valence electrons. The number of carbonyl (C=O) groups is 2. The van der Waals surface area contributed by atoms with Gasteiger partial charge in [0.1, 0.15) is 12.2 Å². The first-order valence-corrected chi connectivity index (χ1v) is 7.75. The predicted molar refractivity (Wildman–Crippen MR) is 69.7 cm³/mol. The average molecular weight is 279 g/mol. The van der Waals surface area contributed by atoms with Crippen molar-refractivity contribution in [2.45, 2.75) is 56.1 Å². The van der Waals surface area contributed by atoms with Crippen LogP contribution in [0.1, 0.15) is 44.9 Å². The number of esters is 1. The minimum Gasteiger partial charge on any atom is -0.463 e. The number of fused-ring (bicyclic) bond motifs is 1. The number of ether oxygens (including phenoxy) is 1. The van der Waals surface area contributed by atoms with Gasteiger partial charge in [-0.3, -0.25) is 9.59 Å². The smallest absolute Gasteiger partial charge is 0.306 e. The number of carbonyl (C=O) groups excluding carboxylic acids is 2. The molecule has 0 radical (unpaired) electrons. The quantitative estimate of drug-likeness (QED) is 0.667. The van der Waals surface area contributed by atoms with Gasteiger partial charge in [-0.25, -0.2) is 0 Å². The Bertz CT molecular complexity index is 478. The molecule has 3 aliphatic heterocycles. The van der Waals surface area contributed by atoms with Crippen LogP contribution in [-0.4, -0.2) is 46.2 Å². The van der Waals surface area contributed by atoms with Crippen molar-refractivity contribution in [3.8, 4) is 0 Å². The van der Waals surface area contributed by atoms with E-state index in [4.69, 9.17) is 4.74 Å². The first kappa shape index (κ1) is 12.6. The van der Waals surface area contributed by atoms with Gasteiger partial charge < -0.3 is 14.7 Å². The van der Waals surface area contributed by atoms with E-state index in [1.807, 2.05) is 4.90 Å². The Morgan fingerprint density at radius 2 is 2.05 bits per heavy atom. The number of hydrogen-bond donors (Lipinski definition) is 1.